The highest BCUT2D eigenvalue weighted by molar-refractivity contribution is 5.94. The molecule has 0 unspecified atom stereocenters. The van der Waals surface area contributed by atoms with Gasteiger partial charge < -0.3 is 5.32 Å². The van der Waals surface area contributed by atoms with E-state index >= 15 is 0 Å². The smallest absolute Gasteiger partial charge is 0.241 e. The summed E-state index contributed by atoms with van der Waals surface area (Å²) in [6.07, 6.45) is 8.81. The summed E-state index contributed by atoms with van der Waals surface area (Å²) in [6, 6.07) is 12.4. The van der Waals surface area contributed by atoms with Crippen molar-refractivity contribution in [2.75, 3.05) is 11.9 Å². The summed E-state index contributed by atoms with van der Waals surface area (Å²) in [5, 5.41) is 3.16. The molecule has 1 aromatic heterocycles. The Morgan fingerprint density at radius 1 is 1.11 bits per heavy atom. The molecule has 142 valence electrons. The number of carbonyl (C=O) groups excluding carboxylic acids is 1. The molecule has 4 rings (SSSR count). The highest BCUT2D eigenvalue weighted by Gasteiger charge is 2.28. The number of pyridine rings is 1. The van der Waals surface area contributed by atoms with Crippen molar-refractivity contribution in [3.63, 3.8) is 0 Å². The SMILES string of the molecule is Cc1cccnc1CN1CCCCC[C@@H]1C(=O)Nc1ccc(C2CC2)cc1. The fraction of sp³-hybridized carbons (Fsp3) is 0.478. The third-order valence-electron chi connectivity index (χ3n) is 5.86. The average molecular weight is 364 g/mol. The molecule has 1 aliphatic carbocycles. The van der Waals surface area contributed by atoms with Crippen molar-refractivity contribution < 1.29 is 4.79 Å². The molecule has 4 nitrogen and oxygen atoms in total. The minimum atomic E-state index is -0.0861. The van der Waals surface area contributed by atoms with Crippen molar-refractivity contribution in [2.45, 2.75) is 64.0 Å². The number of benzene rings is 1. The lowest BCUT2D eigenvalue weighted by Gasteiger charge is -2.29. The molecule has 1 atom stereocenters. The van der Waals surface area contributed by atoms with Gasteiger partial charge in [0.1, 0.15) is 0 Å². The van der Waals surface area contributed by atoms with Crippen LogP contribution in [0.4, 0.5) is 5.69 Å². The van der Waals surface area contributed by atoms with Crippen LogP contribution in [-0.4, -0.2) is 28.4 Å². The van der Waals surface area contributed by atoms with E-state index in [1.807, 2.05) is 12.3 Å². The highest BCUT2D eigenvalue weighted by atomic mass is 16.2. The van der Waals surface area contributed by atoms with Gasteiger partial charge in [0.2, 0.25) is 5.91 Å². The topological polar surface area (TPSA) is 45.2 Å². The van der Waals surface area contributed by atoms with Gasteiger partial charge in [0.25, 0.3) is 0 Å². The van der Waals surface area contributed by atoms with Crippen LogP contribution in [0, 0.1) is 6.92 Å². The molecule has 2 heterocycles. The van der Waals surface area contributed by atoms with Gasteiger partial charge in [0.05, 0.1) is 11.7 Å². The zero-order chi connectivity index (χ0) is 18.6. The van der Waals surface area contributed by atoms with Gasteiger partial charge in [-0.2, -0.15) is 0 Å². The minimum absolute atomic E-state index is 0.0861. The number of nitrogens with one attached hydrogen (secondary N) is 1. The Hall–Kier alpha value is -2.20. The average Bonchev–Trinajstić information content (AvgIpc) is 3.52. The summed E-state index contributed by atoms with van der Waals surface area (Å²) in [5.74, 6) is 0.860. The Labute approximate surface area is 162 Å². The van der Waals surface area contributed by atoms with Gasteiger partial charge in [-0.3, -0.25) is 14.7 Å². The van der Waals surface area contributed by atoms with Crippen molar-refractivity contribution in [1.82, 2.24) is 9.88 Å². The van der Waals surface area contributed by atoms with E-state index < -0.39 is 0 Å². The van der Waals surface area contributed by atoms with Crippen LogP contribution in [0.25, 0.3) is 0 Å². The van der Waals surface area contributed by atoms with Gasteiger partial charge in [-0.05, 0) is 74.4 Å². The number of aromatic nitrogens is 1. The van der Waals surface area contributed by atoms with E-state index in [0.29, 0.717) is 0 Å². The molecule has 1 amide bonds. The summed E-state index contributed by atoms with van der Waals surface area (Å²) in [4.78, 5) is 19.9. The molecule has 27 heavy (non-hydrogen) atoms. The number of hydrogen-bond donors (Lipinski definition) is 1. The molecule has 2 aliphatic rings. The van der Waals surface area contributed by atoms with Gasteiger partial charge >= 0.3 is 0 Å². The Morgan fingerprint density at radius 2 is 1.93 bits per heavy atom. The largest absolute Gasteiger partial charge is 0.325 e. The molecule has 0 bridgehead atoms. The molecule has 1 saturated carbocycles. The lowest BCUT2D eigenvalue weighted by atomic mass is 10.1. The lowest BCUT2D eigenvalue weighted by molar-refractivity contribution is -0.121. The number of nitrogens with zero attached hydrogens (tertiary/aromatic N) is 2. The fourth-order valence-corrected chi connectivity index (χ4v) is 4.01. The summed E-state index contributed by atoms with van der Waals surface area (Å²) in [5.41, 5.74) is 4.57. The van der Waals surface area contributed by atoms with Crippen LogP contribution in [-0.2, 0) is 11.3 Å². The first kappa shape index (κ1) is 18.2. The fourth-order valence-electron chi connectivity index (χ4n) is 4.01. The molecule has 2 fully saturated rings. The number of hydrogen-bond acceptors (Lipinski definition) is 3. The maximum absolute atomic E-state index is 13.1. The van der Waals surface area contributed by atoms with Crippen LogP contribution in [0.2, 0.25) is 0 Å². The van der Waals surface area contributed by atoms with Crippen LogP contribution in [0.3, 0.4) is 0 Å². The monoisotopic (exact) mass is 363 g/mol. The molecule has 4 heteroatoms. The van der Waals surface area contributed by atoms with Crippen molar-refractivity contribution in [3.8, 4) is 0 Å². The molecule has 2 aromatic rings. The maximum Gasteiger partial charge on any atom is 0.241 e. The third kappa shape index (κ3) is 4.56. The first-order valence-corrected chi connectivity index (χ1v) is 10.3. The van der Waals surface area contributed by atoms with Crippen LogP contribution < -0.4 is 5.32 Å². The van der Waals surface area contributed by atoms with Gasteiger partial charge in [0, 0.05) is 18.4 Å². The standard InChI is InChI=1S/C23H29N3O/c1-17-6-5-14-24-21(17)16-26-15-4-2-3-7-22(26)23(27)25-20-12-10-19(11-13-20)18-8-9-18/h5-6,10-14,18,22H,2-4,7-9,15-16H2,1H3,(H,25,27)/t22-/m1/s1. The van der Waals surface area contributed by atoms with E-state index in [9.17, 15) is 4.79 Å². The van der Waals surface area contributed by atoms with Crippen molar-refractivity contribution in [1.29, 1.82) is 0 Å². The minimum Gasteiger partial charge on any atom is -0.325 e. The van der Waals surface area contributed by atoms with E-state index in [1.165, 1.54) is 30.4 Å². The van der Waals surface area contributed by atoms with Gasteiger partial charge in [0.15, 0.2) is 0 Å². The van der Waals surface area contributed by atoms with Crippen LogP contribution in [0.1, 0.15) is 61.3 Å². The van der Waals surface area contributed by atoms with Crippen LogP contribution in [0.5, 0.6) is 0 Å². The number of carbonyl (C=O) groups is 1. The summed E-state index contributed by atoms with van der Waals surface area (Å²) < 4.78 is 0. The third-order valence-corrected chi connectivity index (χ3v) is 5.86. The molecule has 1 N–H and O–H groups in total. The van der Waals surface area contributed by atoms with Gasteiger partial charge in [-0.1, -0.05) is 31.0 Å². The van der Waals surface area contributed by atoms with Gasteiger partial charge in [-0.15, -0.1) is 0 Å². The number of anilines is 1. The lowest BCUT2D eigenvalue weighted by Crippen LogP contribution is -2.43. The Bertz CT molecular complexity index is 782. The quantitative estimate of drug-likeness (QED) is 0.841. The van der Waals surface area contributed by atoms with E-state index in [2.05, 4.69) is 52.5 Å². The maximum atomic E-state index is 13.1. The summed E-state index contributed by atoms with van der Waals surface area (Å²) in [6.45, 7) is 3.79. The molecular formula is C23H29N3O. The summed E-state index contributed by atoms with van der Waals surface area (Å²) in [7, 11) is 0. The number of aryl methyl sites for hydroxylation is 1. The molecule has 0 spiro atoms. The van der Waals surface area contributed by atoms with Gasteiger partial charge in [-0.25, -0.2) is 0 Å². The molecule has 1 aromatic carbocycles. The number of amides is 1. The van der Waals surface area contributed by atoms with E-state index in [-0.39, 0.29) is 11.9 Å². The van der Waals surface area contributed by atoms with Crippen molar-refractivity contribution in [2.24, 2.45) is 0 Å². The predicted octanol–water partition coefficient (Wildman–Crippen LogP) is 4.65. The van der Waals surface area contributed by atoms with E-state index in [1.54, 1.807) is 0 Å². The molecule has 1 saturated heterocycles. The zero-order valence-corrected chi connectivity index (χ0v) is 16.2. The second-order valence-corrected chi connectivity index (χ2v) is 7.99. The normalized spacial score (nSPS) is 20.9. The molecule has 1 aliphatic heterocycles. The highest BCUT2D eigenvalue weighted by Crippen LogP contribution is 2.40. The predicted molar refractivity (Wildman–Crippen MR) is 109 cm³/mol. The van der Waals surface area contributed by atoms with Crippen molar-refractivity contribution in [3.05, 3.63) is 59.4 Å². The Balaban J connectivity index is 1.45. The van der Waals surface area contributed by atoms with Crippen molar-refractivity contribution >= 4 is 11.6 Å². The first-order chi connectivity index (χ1) is 13.2. The molecule has 0 radical (unpaired) electrons. The number of likely N-dealkylation sites (tertiary alicyclic amines) is 1. The Kier molecular flexibility index (Phi) is 5.53. The van der Waals surface area contributed by atoms with E-state index in [4.69, 9.17) is 0 Å². The second kappa shape index (κ2) is 8.22. The summed E-state index contributed by atoms with van der Waals surface area (Å²) >= 11 is 0. The first-order valence-electron chi connectivity index (χ1n) is 10.3. The second-order valence-electron chi connectivity index (χ2n) is 7.99. The van der Waals surface area contributed by atoms with E-state index in [0.717, 1.165) is 49.7 Å². The van der Waals surface area contributed by atoms with Crippen LogP contribution >= 0.6 is 0 Å². The zero-order valence-electron chi connectivity index (χ0n) is 16.2. The number of rotatable bonds is 5. The Morgan fingerprint density at radius 3 is 2.67 bits per heavy atom. The molecular weight excluding hydrogens is 334 g/mol. The van der Waals surface area contributed by atoms with Crippen LogP contribution in [0.15, 0.2) is 42.6 Å².